The predicted octanol–water partition coefficient (Wildman–Crippen LogP) is 4.36. The molecular weight excluding hydrogens is 248 g/mol. The van der Waals surface area contributed by atoms with Crippen molar-refractivity contribution in [2.75, 3.05) is 0 Å². The van der Waals surface area contributed by atoms with Gasteiger partial charge in [0, 0.05) is 11.6 Å². The Bertz CT molecular complexity index is 670. The first-order valence-corrected chi connectivity index (χ1v) is 6.37. The Hall–Kier alpha value is -1.74. The summed E-state index contributed by atoms with van der Waals surface area (Å²) in [5, 5.41) is 0.703. The van der Waals surface area contributed by atoms with Gasteiger partial charge in [-0.3, -0.25) is 0 Å². The minimum absolute atomic E-state index is 0.703. The highest BCUT2D eigenvalue weighted by Gasteiger charge is 2.14. The number of aromatic nitrogens is 2. The predicted molar refractivity (Wildman–Crippen MR) is 72.7 cm³/mol. The van der Waals surface area contributed by atoms with Gasteiger partial charge in [0.1, 0.15) is 0 Å². The number of hydrogen-bond acceptors (Lipinski definition) is 2. The maximum absolute atomic E-state index is 6.01. The van der Waals surface area contributed by atoms with Crippen LogP contribution in [0.4, 0.5) is 0 Å². The molecule has 2 aromatic heterocycles. The summed E-state index contributed by atoms with van der Waals surface area (Å²) in [7, 11) is 0. The van der Waals surface area contributed by atoms with Crippen molar-refractivity contribution in [3.63, 3.8) is 0 Å². The Morgan fingerprint density at radius 2 is 2.22 bits per heavy atom. The third kappa shape index (κ3) is 1.81. The van der Waals surface area contributed by atoms with Gasteiger partial charge in [0.15, 0.2) is 11.6 Å². The number of rotatable bonds is 3. The molecule has 3 aromatic rings. The lowest BCUT2D eigenvalue weighted by molar-refractivity contribution is 0.568. The number of benzene rings is 1. The highest BCUT2D eigenvalue weighted by molar-refractivity contribution is 6.31. The van der Waals surface area contributed by atoms with E-state index < -0.39 is 0 Å². The van der Waals surface area contributed by atoms with Crippen LogP contribution in [0, 0.1) is 0 Å². The Labute approximate surface area is 110 Å². The summed E-state index contributed by atoms with van der Waals surface area (Å²) >= 11 is 6.01. The van der Waals surface area contributed by atoms with Crippen LogP contribution in [0.3, 0.4) is 0 Å². The topological polar surface area (TPSA) is 31.0 Å². The van der Waals surface area contributed by atoms with Crippen LogP contribution < -0.4 is 0 Å². The van der Waals surface area contributed by atoms with E-state index in [1.807, 2.05) is 30.3 Å². The van der Waals surface area contributed by atoms with Crippen LogP contribution >= 0.6 is 11.6 Å². The quantitative estimate of drug-likeness (QED) is 0.701. The normalized spacial score (nSPS) is 11.2. The highest BCUT2D eigenvalue weighted by Crippen LogP contribution is 2.27. The zero-order valence-electron chi connectivity index (χ0n) is 10.1. The molecule has 0 radical (unpaired) electrons. The molecule has 0 aliphatic carbocycles. The number of hydrogen-bond donors (Lipinski definition) is 0. The third-order valence-electron chi connectivity index (χ3n) is 2.90. The summed E-state index contributed by atoms with van der Waals surface area (Å²) < 4.78 is 7.62. The molecule has 0 spiro atoms. The zero-order valence-corrected chi connectivity index (χ0v) is 10.8. The van der Waals surface area contributed by atoms with Gasteiger partial charge in [-0.25, -0.2) is 4.98 Å². The Morgan fingerprint density at radius 3 is 2.94 bits per heavy atom. The highest BCUT2D eigenvalue weighted by atomic mass is 35.5. The molecule has 0 unspecified atom stereocenters. The van der Waals surface area contributed by atoms with Crippen molar-refractivity contribution in [2.45, 2.75) is 19.9 Å². The maximum Gasteiger partial charge on any atom is 0.177 e. The van der Waals surface area contributed by atoms with E-state index in [0.717, 1.165) is 35.6 Å². The van der Waals surface area contributed by atoms with Gasteiger partial charge in [0.25, 0.3) is 0 Å². The van der Waals surface area contributed by atoms with E-state index in [1.165, 1.54) is 0 Å². The van der Waals surface area contributed by atoms with Crippen molar-refractivity contribution in [3.05, 3.63) is 41.6 Å². The van der Waals surface area contributed by atoms with E-state index >= 15 is 0 Å². The van der Waals surface area contributed by atoms with Gasteiger partial charge in [-0.2, -0.15) is 0 Å². The first-order chi connectivity index (χ1) is 8.79. The molecule has 0 amide bonds. The molecule has 1 aromatic carbocycles. The summed E-state index contributed by atoms with van der Waals surface area (Å²) in [6.45, 7) is 3.06. The molecule has 4 heteroatoms. The third-order valence-corrected chi connectivity index (χ3v) is 3.13. The van der Waals surface area contributed by atoms with Crippen LogP contribution in [0.25, 0.3) is 22.6 Å². The number of nitrogens with zero attached hydrogens (tertiary/aromatic N) is 2. The van der Waals surface area contributed by atoms with E-state index in [1.54, 1.807) is 6.26 Å². The van der Waals surface area contributed by atoms with Crippen molar-refractivity contribution >= 4 is 22.6 Å². The molecule has 92 valence electrons. The van der Waals surface area contributed by atoms with Gasteiger partial charge in [0.2, 0.25) is 0 Å². The monoisotopic (exact) mass is 260 g/mol. The number of imidazole rings is 1. The summed E-state index contributed by atoms with van der Waals surface area (Å²) in [6.07, 6.45) is 2.71. The Balaban J connectivity index is 2.26. The number of halogens is 1. The molecule has 2 heterocycles. The van der Waals surface area contributed by atoms with E-state index in [0.29, 0.717) is 5.02 Å². The minimum atomic E-state index is 0.703. The number of fused-ring (bicyclic) bond motifs is 1. The van der Waals surface area contributed by atoms with Crippen LogP contribution in [0.15, 0.2) is 41.0 Å². The average molecular weight is 261 g/mol. The van der Waals surface area contributed by atoms with Crippen LogP contribution in [0.2, 0.25) is 5.02 Å². The van der Waals surface area contributed by atoms with Crippen LogP contribution in [0.1, 0.15) is 13.3 Å². The minimum Gasteiger partial charge on any atom is -0.461 e. The van der Waals surface area contributed by atoms with Gasteiger partial charge in [-0.1, -0.05) is 18.5 Å². The first-order valence-electron chi connectivity index (χ1n) is 5.99. The first kappa shape index (κ1) is 11.4. The second kappa shape index (κ2) is 4.50. The molecule has 0 aliphatic heterocycles. The van der Waals surface area contributed by atoms with Gasteiger partial charge < -0.3 is 8.98 Å². The lowest BCUT2D eigenvalue weighted by Crippen LogP contribution is -1.98. The van der Waals surface area contributed by atoms with E-state index in [-0.39, 0.29) is 0 Å². The van der Waals surface area contributed by atoms with Crippen LogP contribution in [-0.4, -0.2) is 9.55 Å². The van der Waals surface area contributed by atoms with Crippen LogP contribution in [-0.2, 0) is 6.54 Å². The SMILES string of the molecule is CCCn1c(-c2ccco2)nc2cc(Cl)ccc21. The smallest absolute Gasteiger partial charge is 0.177 e. The van der Waals surface area contributed by atoms with Gasteiger partial charge >= 0.3 is 0 Å². The zero-order chi connectivity index (χ0) is 12.5. The molecule has 0 fully saturated rings. The maximum atomic E-state index is 6.01. The molecule has 0 saturated carbocycles. The second-order valence-corrected chi connectivity index (χ2v) is 4.63. The lowest BCUT2D eigenvalue weighted by Gasteiger charge is -2.05. The molecule has 0 saturated heterocycles. The molecule has 0 N–H and O–H groups in total. The average Bonchev–Trinajstić information content (AvgIpc) is 2.97. The molecular formula is C14H13ClN2O. The van der Waals surface area contributed by atoms with Gasteiger partial charge in [-0.05, 0) is 36.8 Å². The molecule has 0 bridgehead atoms. The Morgan fingerprint density at radius 1 is 1.33 bits per heavy atom. The van der Waals surface area contributed by atoms with E-state index in [9.17, 15) is 0 Å². The van der Waals surface area contributed by atoms with E-state index in [2.05, 4.69) is 16.5 Å². The second-order valence-electron chi connectivity index (χ2n) is 4.20. The number of furan rings is 1. The van der Waals surface area contributed by atoms with E-state index in [4.69, 9.17) is 16.0 Å². The number of aryl methyl sites for hydroxylation is 1. The lowest BCUT2D eigenvalue weighted by atomic mass is 10.3. The molecule has 18 heavy (non-hydrogen) atoms. The largest absolute Gasteiger partial charge is 0.461 e. The van der Waals surface area contributed by atoms with Crippen molar-refractivity contribution < 1.29 is 4.42 Å². The van der Waals surface area contributed by atoms with Crippen molar-refractivity contribution in [2.24, 2.45) is 0 Å². The van der Waals surface area contributed by atoms with Crippen molar-refractivity contribution in [3.8, 4) is 11.6 Å². The fourth-order valence-corrected chi connectivity index (χ4v) is 2.31. The molecule has 0 atom stereocenters. The fourth-order valence-electron chi connectivity index (χ4n) is 2.15. The summed E-state index contributed by atoms with van der Waals surface area (Å²) in [5.74, 6) is 1.65. The summed E-state index contributed by atoms with van der Waals surface area (Å²) in [5.41, 5.74) is 2.00. The van der Waals surface area contributed by atoms with Crippen molar-refractivity contribution in [1.82, 2.24) is 9.55 Å². The molecule has 3 nitrogen and oxygen atoms in total. The van der Waals surface area contributed by atoms with Gasteiger partial charge in [0.05, 0.1) is 17.3 Å². The van der Waals surface area contributed by atoms with Crippen molar-refractivity contribution in [1.29, 1.82) is 0 Å². The summed E-state index contributed by atoms with van der Waals surface area (Å²) in [4.78, 5) is 4.62. The standard InChI is InChI=1S/C14H13ClN2O/c1-2-7-17-12-6-5-10(15)9-11(12)16-14(17)13-4-3-8-18-13/h3-6,8-9H,2,7H2,1H3. The van der Waals surface area contributed by atoms with Gasteiger partial charge in [-0.15, -0.1) is 0 Å². The Kier molecular flexibility index (Phi) is 2.84. The fraction of sp³-hybridized carbons (Fsp3) is 0.214. The summed E-state index contributed by atoms with van der Waals surface area (Å²) in [6, 6.07) is 9.58. The molecule has 0 aliphatic rings. The van der Waals surface area contributed by atoms with Crippen LogP contribution in [0.5, 0.6) is 0 Å². The molecule has 3 rings (SSSR count).